The van der Waals surface area contributed by atoms with Gasteiger partial charge in [0.25, 0.3) is 0 Å². The maximum atomic E-state index is 12.9. The van der Waals surface area contributed by atoms with E-state index in [1.807, 2.05) is 38.2 Å². The van der Waals surface area contributed by atoms with E-state index < -0.39 is 28.7 Å². The molecule has 0 bridgehead atoms. The molecule has 4 aliphatic rings. The molecule has 0 unspecified atom stereocenters. The number of carbonyl (C=O) groups is 2. The van der Waals surface area contributed by atoms with E-state index in [0.29, 0.717) is 12.8 Å². The Labute approximate surface area is 150 Å². The van der Waals surface area contributed by atoms with Gasteiger partial charge in [-0.15, -0.1) is 0 Å². The maximum absolute atomic E-state index is 12.9. The lowest BCUT2D eigenvalue weighted by molar-refractivity contribution is -0.162. The topological polar surface area (TPSA) is 78.3 Å². The highest BCUT2D eigenvalue weighted by Crippen LogP contribution is 2.62. The summed E-state index contributed by atoms with van der Waals surface area (Å²) >= 11 is 0. The lowest BCUT2D eigenvalue weighted by Crippen LogP contribution is -2.46. The highest BCUT2D eigenvalue weighted by molar-refractivity contribution is 5.87. The molecule has 0 saturated carbocycles. The number of cyclic esters (lactones) is 2. The van der Waals surface area contributed by atoms with Gasteiger partial charge in [-0.2, -0.15) is 0 Å². The average Bonchev–Trinajstić information content (AvgIpc) is 2.92. The summed E-state index contributed by atoms with van der Waals surface area (Å²) in [5, 5.41) is 0. The number of ether oxygens (including phenoxy) is 3. The van der Waals surface area contributed by atoms with Crippen molar-refractivity contribution in [1.29, 1.82) is 0 Å². The summed E-state index contributed by atoms with van der Waals surface area (Å²) in [5.74, 6) is -0.967. The van der Waals surface area contributed by atoms with Crippen molar-refractivity contribution in [2.24, 2.45) is 11.3 Å². The molecule has 1 aromatic heterocycles. The predicted octanol–water partition coefficient (Wildman–Crippen LogP) is 2.86. The molecule has 136 valence electrons. The summed E-state index contributed by atoms with van der Waals surface area (Å²) in [7, 11) is 0. The van der Waals surface area contributed by atoms with Gasteiger partial charge in [0.15, 0.2) is 5.60 Å². The molecule has 0 N–H and O–H groups in total. The van der Waals surface area contributed by atoms with E-state index in [1.54, 1.807) is 18.6 Å². The van der Waals surface area contributed by atoms with Crippen LogP contribution in [0.25, 0.3) is 0 Å². The number of furan rings is 1. The van der Waals surface area contributed by atoms with Gasteiger partial charge in [0, 0.05) is 23.8 Å². The van der Waals surface area contributed by atoms with Gasteiger partial charge in [0.05, 0.1) is 18.4 Å². The van der Waals surface area contributed by atoms with E-state index in [4.69, 9.17) is 18.6 Å². The van der Waals surface area contributed by atoms with Crippen molar-refractivity contribution in [1.82, 2.24) is 0 Å². The first-order chi connectivity index (χ1) is 12.4. The van der Waals surface area contributed by atoms with Crippen LogP contribution >= 0.6 is 0 Å². The highest BCUT2D eigenvalue weighted by Gasteiger charge is 2.77. The molecule has 0 amide bonds. The van der Waals surface area contributed by atoms with Gasteiger partial charge in [0.1, 0.15) is 17.8 Å². The van der Waals surface area contributed by atoms with E-state index >= 15 is 0 Å². The van der Waals surface area contributed by atoms with Crippen LogP contribution in [0, 0.1) is 11.3 Å². The lowest BCUT2D eigenvalue weighted by Gasteiger charge is -2.34. The Morgan fingerprint density at radius 3 is 2.77 bits per heavy atom. The Morgan fingerprint density at radius 2 is 2.04 bits per heavy atom. The third-order valence-corrected chi connectivity index (χ3v) is 6.50. The first-order valence-electron chi connectivity index (χ1n) is 8.88. The van der Waals surface area contributed by atoms with Crippen molar-refractivity contribution < 1.29 is 28.2 Å². The first-order valence-corrected chi connectivity index (χ1v) is 8.88. The van der Waals surface area contributed by atoms with Crippen molar-refractivity contribution in [2.75, 3.05) is 0 Å². The van der Waals surface area contributed by atoms with E-state index in [-0.39, 0.29) is 18.0 Å². The standard InChI is InChI=1S/C20H20O6/c1-18-7-4-3-5-13(18)16(21)25-15(18)10-20-17(22)24-14(9-19(20,2)26-20)12-6-8-23-11-12/h3-8,11,13-15H,9-10H2,1-2H3/t13-,14-,15-,18+,19-,20+/m0/s1. The van der Waals surface area contributed by atoms with Crippen LogP contribution in [0.5, 0.6) is 0 Å². The minimum absolute atomic E-state index is 0.252. The Kier molecular flexibility index (Phi) is 2.98. The molecule has 1 aromatic rings. The summed E-state index contributed by atoms with van der Waals surface area (Å²) in [6.45, 7) is 3.92. The lowest BCUT2D eigenvalue weighted by atomic mass is 9.69. The van der Waals surface area contributed by atoms with Gasteiger partial charge < -0.3 is 18.6 Å². The van der Waals surface area contributed by atoms with Crippen molar-refractivity contribution in [2.45, 2.75) is 50.1 Å². The molecule has 5 rings (SSSR count). The largest absolute Gasteiger partial charge is 0.472 e. The Bertz CT molecular complexity index is 838. The summed E-state index contributed by atoms with van der Waals surface area (Å²) in [5.41, 5.74) is -1.33. The molecule has 3 fully saturated rings. The second-order valence-corrected chi connectivity index (χ2v) is 8.03. The monoisotopic (exact) mass is 356 g/mol. The van der Waals surface area contributed by atoms with E-state index in [0.717, 1.165) is 5.56 Å². The fraction of sp³-hybridized carbons (Fsp3) is 0.500. The van der Waals surface area contributed by atoms with E-state index in [2.05, 4.69) is 0 Å². The molecule has 3 aliphatic heterocycles. The summed E-state index contributed by atoms with van der Waals surface area (Å²) < 4.78 is 22.4. The zero-order chi connectivity index (χ0) is 18.2. The predicted molar refractivity (Wildman–Crippen MR) is 88.8 cm³/mol. The molecule has 26 heavy (non-hydrogen) atoms. The second kappa shape index (κ2) is 4.88. The fourth-order valence-electron chi connectivity index (χ4n) is 4.68. The fourth-order valence-corrected chi connectivity index (χ4v) is 4.68. The van der Waals surface area contributed by atoms with Crippen LogP contribution < -0.4 is 0 Å². The number of hydrogen-bond acceptors (Lipinski definition) is 6. The molecule has 6 atom stereocenters. The SMILES string of the molecule is C[C@@]12C=CC=C[C@H]1C(=O)O[C@H]2C[C@]12O[C@@]1(C)C[C@@H](c1ccoc1)OC2=O. The molecule has 0 radical (unpaired) electrons. The van der Waals surface area contributed by atoms with Gasteiger partial charge in [-0.3, -0.25) is 4.79 Å². The van der Waals surface area contributed by atoms with Crippen LogP contribution in [0.4, 0.5) is 0 Å². The zero-order valence-electron chi connectivity index (χ0n) is 14.6. The number of rotatable bonds is 3. The summed E-state index contributed by atoms with van der Waals surface area (Å²) in [6.07, 6.45) is 10.8. The van der Waals surface area contributed by atoms with E-state index in [9.17, 15) is 9.59 Å². The van der Waals surface area contributed by atoms with Gasteiger partial charge >= 0.3 is 11.9 Å². The molecule has 0 aromatic carbocycles. The number of esters is 2. The first kappa shape index (κ1) is 15.9. The molecule has 0 spiro atoms. The number of epoxide rings is 1. The van der Waals surface area contributed by atoms with Crippen LogP contribution in [-0.2, 0) is 23.8 Å². The van der Waals surface area contributed by atoms with Crippen molar-refractivity contribution in [3.8, 4) is 0 Å². The summed E-state index contributed by atoms with van der Waals surface area (Å²) in [4.78, 5) is 25.1. The van der Waals surface area contributed by atoms with Gasteiger partial charge in [-0.05, 0) is 13.0 Å². The smallest absolute Gasteiger partial charge is 0.342 e. The molecule has 3 saturated heterocycles. The van der Waals surface area contributed by atoms with Crippen molar-refractivity contribution >= 4 is 11.9 Å². The van der Waals surface area contributed by atoms with Crippen LogP contribution in [0.15, 0.2) is 47.3 Å². The third-order valence-electron chi connectivity index (χ3n) is 6.50. The van der Waals surface area contributed by atoms with Crippen LogP contribution in [0.2, 0.25) is 0 Å². The van der Waals surface area contributed by atoms with Gasteiger partial charge in [0.2, 0.25) is 0 Å². The minimum atomic E-state index is -1.05. The number of carbonyl (C=O) groups excluding carboxylic acids is 2. The van der Waals surface area contributed by atoms with Crippen molar-refractivity contribution in [3.05, 3.63) is 48.5 Å². The zero-order valence-corrected chi connectivity index (χ0v) is 14.6. The van der Waals surface area contributed by atoms with Gasteiger partial charge in [-0.25, -0.2) is 4.79 Å². The second-order valence-electron chi connectivity index (χ2n) is 8.03. The average molecular weight is 356 g/mol. The highest BCUT2D eigenvalue weighted by atomic mass is 16.7. The van der Waals surface area contributed by atoms with Crippen LogP contribution in [0.1, 0.15) is 38.4 Å². The molecule has 6 nitrogen and oxygen atoms in total. The Balaban J connectivity index is 1.40. The number of allylic oxidation sites excluding steroid dienone is 2. The Morgan fingerprint density at radius 1 is 1.19 bits per heavy atom. The number of hydrogen-bond donors (Lipinski definition) is 0. The quantitative estimate of drug-likeness (QED) is 0.612. The third kappa shape index (κ3) is 1.91. The maximum Gasteiger partial charge on any atom is 0.342 e. The minimum Gasteiger partial charge on any atom is -0.472 e. The molecule has 6 heteroatoms. The van der Waals surface area contributed by atoms with E-state index in [1.165, 1.54) is 0 Å². The molecule has 1 aliphatic carbocycles. The number of fused-ring (bicyclic) bond motifs is 2. The van der Waals surface area contributed by atoms with Crippen LogP contribution in [-0.4, -0.2) is 29.2 Å². The molecular weight excluding hydrogens is 336 g/mol. The normalized spacial score (nSPS) is 45.7. The molecule has 4 heterocycles. The summed E-state index contributed by atoms with van der Waals surface area (Å²) in [6, 6.07) is 1.79. The van der Waals surface area contributed by atoms with Crippen LogP contribution in [0.3, 0.4) is 0 Å². The molecular formula is C20H20O6. The van der Waals surface area contributed by atoms with Crippen molar-refractivity contribution in [3.63, 3.8) is 0 Å². The van der Waals surface area contributed by atoms with Gasteiger partial charge in [-0.1, -0.05) is 31.2 Å². The Hall–Kier alpha value is -2.34.